The fourth-order valence-corrected chi connectivity index (χ4v) is 3.86. The molecule has 0 bridgehead atoms. The van der Waals surface area contributed by atoms with Crippen LogP contribution < -0.4 is 5.32 Å². The van der Waals surface area contributed by atoms with Gasteiger partial charge in [0.15, 0.2) is 0 Å². The van der Waals surface area contributed by atoms with E-state index < -0.39 is 21.7 Å². The predicted molar refractivity (Wildman–Crippen MR) is 71.8 cm³/mol. The number of sulfonamides is 1. The molecule has 0 aliphatic carbocycles. The molecule has 0 amide bonds. The smallest absolute Gasteiger partial charge is 0.243 e. The summed E-state index contributed by atoms with van der Waals surface area (Å²) in [6.07, 6.45) is 2.30. The summed E-state index contributed by atoms with van der Waals surface area (Å²) in [5.74, 6) is -1.78. The van der Waals surface area contributed by atoms with Crippen LogP contribution in [0.5, 0.6) is 0 Å². The zero-order chi connectivity index (χ0) is 14.8. The van der Waals surface area contributed by atoms with E-state index in [1.54, 1.807) is 0 Å². The Labute approximate surface area is 117 Å². The zero-order valence-electron chi connectivity index (χ0n) is 11.3. The highest BCUT2D eigenvalue weighted by Gasteiger charge is 2.29. The number of hydrogen-bond acceptors (Lipinski definition) is 3. The molecule has 1 atom stereocenters. The lowest BCUT2D eigenvalue weighted by atomic mass is 10.1. The van der Waals surface area contributed by atoms with E-state index in [9.17, 15) is 17.2 Å². The van der Waals surface area contributed by atoms with Gasteiger partial charge in [-0.25, -0.2) is 17.2 Å². The molecule has 0 aromatic heterocycles. The fourth-order valence-electron chi connectivity index (χ4n) is 2.40. The normalized spacial score (nSPS) is 20.9. The minimum atomic E-state index is -3.87. The maximum Gasteiger partial charge on any atom is 0.243 e. The first-order valence-corrected chi connectivity index (χ1v) is 8.00. The largest absolute Gasteiger partial charge is 0.317 e. The topological polar surface area (TPSA) is 49.4 Å². The molecule has 112 valence electrons. The van der Waals surface area contributed by atoms with E-state index >= 15 is 0 Å². The standard InChI is InChI=1S/C13H18F2N2O2S/c1-17(12-3-2-5-16-6-4-12)20(18,19)13-8-10(14)7-11(15)9-13/h7-9,12,16H,2-6H2,1H3. The Bertz CT molecular complexity index is 549. The third-order valence-electron chi connectivity index (χ3n) is 3.57. The van der Waals surface area contributed by atoms with Crippen molar-refractivity contribution in [2.45, 2.75) is 30.2 Å². The number of benzene rings is 1. The lowest BCUT2D eigenvalue weighted by molar-refractivity contribution is 0.341. The van der Waals surface area contributed by atoms with E-state index in [1.165, 1.54) is 11.4 Å². The van der Waals surface area contributed by atoms with Crippen LogP contribution in [0.4, 0.5) is 8.78 Å². The number of rotatable bonds is 3. The van der Waals surface area contributed by atoms with Crippen LogP contribution in [-0.2, 0) is 10.0 Å². The van der Waals surface area contributed by atoms with Crippen molar-refractivity contribution in [2.75, 3.05) is 20.1 Å². The Kier molecular flexibility index (Phi) is 4.72. The number of hydrogen-bond donors (Lipinski definition) is 1. The first-order valence-electron chi connectivity index (χ1n) is 6.56. The van der Waals surface area contributed by atoms with Crippen molar-refractivity contribution in [1.29, 1.82) is 0 Å². The van der Waals surface area contributed by atoms with Crippen molar-refractivity contribution >= 4 is 10.0 Å². The van der Waals surface area contributed by atoms with Crippen LogP contribution in [0.25, 0.3) is 0 Å². The van der Waals surface area contributed by atoms with Gasteiger partial charge in [0.25, 0.3) is 0 Å². The third-order valence-corrected chi connectivity index (χ3v) is 5.46. The van der Waals surface area contributed by atoms with E-state index in [2.05, 4.69) is 5.32 Å². The summed E-state index contributed by atoms with van der Waals surface area (Å²) in [5.41, 5.74) is 0. The van der Waals surface area contributed by atoms with E-state index in [-0.39, 0.29) is 10.9 Å². The van der Waals surface area contributed by atoms with Gasteiger partial charge in [-0.2, -0.15) is 4.31 Å². The molecule has 1 aliphatic heterocycles. The van der Waals surface area contributed by atoms with Crippen molar-refractivity contribution in [2.24, 2.45) is 0 Å². The molecular formula is C13H18F2N2O2S. The molecule has 1 N–H and O–H groups in total. The van der Waals surface area contributed by atoms with E-state index in [1.807, 2.05) is 0 Å². The highest BCUT2D eigenvalue weighted by atomic mass is 32.2. The number of nitrogens with one attached hydrogen (secondary N) is 1. The lowest BCUT2D eigenvalue weighted by Crippen LogP contribution is -2.37. The second kappa shape index (κ2) is 6.15. The van der Waals surface area contributed by atoms with Crippen LogP contribution in [0.1, 0.15) is 19.3 Å². The van der Waals surface area contributed by atoms with Crippen LogP contribution in [0.3, 0.4) is 0 Å². The molecule has 4 nitrogen and oxygen atoms in total. The fraction of sp³-hybridized carbons (Fsp3) is 0.538. The van der Waals surface area contributed by atoms with Crippen LogP contribution in [0.15, 0.2) is 23.1 Å². The third kappa shape index (κ3) is 3.34. The molecule has 0 spiro atoms. The minimum Gasteiger partial charge on any atom is -0.317 e. The summed E-state index contributed by atoms with van der Waals surface area (Å²) in [5, 5.41) is 3.20. The first-order chi connectivity index (χ1) is 9.41. The molecule has 1 aliphatic rings. The number of halogens is 2. The monoisotopic (exact) mass is 304 g/mol. The minimum absolute atomic E-state index is 0.152. The van der Waals surface area contributed by atoms with Crippen LogP contribution in [0.2, 0.25) is 0 Å². The molecule has 1 aromatic rings. The summed E-state index contributed by atoms with van der Waals surface area (Å²) < 4.78 is 52.5. The quantitative estimate of drug-likeness (QED) is 0.925. The molecule has 1 unspecified atom stereocenters. The van der Waals surface area contributed by atoms with Gasteiger partial charge in [-0.3, -0.25) is 0 Å². The summed E-state index contributed by atoms with van der Waals surface area (Å²) in [4.78, 5) is -0.338. The van der Waals surface area contributed by atoms with E-state index in [0.717, 1.165) is 38.1 Å². The van der Waals surface area contributed by atoms with Crippen LogP contribution in [-0.4, -0.2) is 38.9 Å². The molecule has 7 heteroatoms. The molecule has 0 saturated carbocycles. The average Bonchev–Trinajstić information content (AvgIpc) is 2.65. The summed E-state index contributed by atoms with van der Waals surface area (Å²) in [6.45, 7) is 1.60. The maximum absolute atomic E-state index is 13.2. The van der Waals surface area contributed by atoms with Crippen LogP contribution >= 0.6 is 0 Å². The first kappa shape index (κ1) is 15.3. The van der Waals surface area contributed by atoms with Gasteiger partial charge < -0.3 is 5.32 Å². The van der Waals surface area contributed by atoms with Gasteiger partial charge in [0.05, 0.1) is 4.90 Å². The Morgan fingerprint density at radius 1 is 1.15 bits per heavy atom. The van der Waals surface area contributed by atoms with Gasteiger partial charge in [0.1, 0.15) is 11.6 Å². The molecule has 0 radical (unpaired) electrons. The molecule has 1 aromatic carbocycles. The molecule has 1 fully saturated rings. The second-order valence-corrected chi connectivity index (χ2v) is 6.96. The second-order valence-electron chi connectivity index (χ2n) is 4.96. The van der Waals surface area contributed by atoms with Crippen molar-refractivity contribution in [3.05, 3.63) is 29.8 Å². The van der Waals surface area contributed by atoms with Crippen molar-refractivity contribution in [1.82, 2.24) is 9.62 Å². The summed E-state index contributed by atoms with van der Waals surface area (Å²) in [6, 6.07) is 2.21. The molecular weight excluding hydrogens is 286 g/mol. The van der Waals surface area contributed by atoms with Crippen molar-refractivity contribution in [3.8, 4) is 0 Å². The molecule has 2 rings (SSSR count). The van der Waals surface area contributed by atoms with Gasteiger partial charge in [-0.1, -0.05) is 0 Å². The average molecular weight is 304 g/mol. The number of nitrogens with zero attached hydrogens (tertiary/aromatic N) is 1. The Hall–Kier alpha value is -1.05. The lowest BCUT2D eigenvalue weighted by Gasteiger charge is -2.26. The van der Waals surface area contributed by atoms with Gasteiger partial charge >= 0.3 is 0 Å². The van der Waals surface area contributed by atoms with Gasteiger partial charge in [0, 0.05) is 19.2 Å². The van der Waals surface area contributed by atoms with E-state index in [0.29, 0.717) is 12.5 Å². The Morgan fingerprint density at radius 3 is 2.45 bits per heavy atom. The summed E-state index contributed by atoms with van der Waals surface area (Å²) >= 11 is 0. The van der Waals surface area contributed by atoms with E-state index in [4.69, 9.17) is 0 Å². The van der Waals surface area contributed by atoms with Gasteiger partial charge in [-0.05, 0) is 44.5 Å². The maximum atomic E-state index is 13.2. The molecule has 1 saturated heterocycles. The van der Waals surface area contributed by atoms with Crippen LogP contribution in [0, 0.1) is 11.6 Å². The van der Waals surface area contributed by atoms with Gasteiger partial charge in [-0.15, -0.1) is 0 Å². The molecule has 20 heavy (non-hydrogen) atoms. The zero-order valence-corrected chi connectivity index (χ0v) is 12.1. The Balaban J connectivity index is 2.28. The highest BCUT2D eigenvalue weighted by molar-refractivity contribution is 7.89. The predicted octanol–water partition coefficient (Wildman–Crippen LogP) is 1.73. The Morgan fingerprint density at radius 2 is 1.80 bits per heavy atom. The summed E-state index contributed by atoms with van der Waals surface area (Å²) in [7, 11) is -2.41. The SMILES string of the molecule is CN(C1CCCNCC1)S(=O)(=O)c1cc(F)cc(F)c1. The van der Waals surface area contributed by atoms with Gasteiger partial charge in [0.2, 0.25) is 10.0 Å². The molecule has 1 heterocycles. The van der Waals surface area contributed by atoms with Crippen molar-refractivity contribution < 1.29 is 17.2 Å². The highest BCUT2D eigenvalue weighted by Crippen LogP contribution is 2.22. The van der Waals surface area contributed by atoms with Crippen molar-refractivity contribution in [3.63, 3.8) is 0 Å².